The van der Waals surface area contributed by atoms with Crippen molar-refractivity contribution >= 4 is 10.0 Å². The Balaban J connectivity index is 2.02. The molecule has 0 atom stereocenters. The summed E-state index contributed by atoms with van der Waals surface area (Å²) in [5.41, 5.74) is 2.32. The van der Waals surface area contributed by atoms with Crippen molar-refractivity contribution in [3.05, 3.63) is 53.7 Å². The van der Waals surface area contributed by atoms with Crippen LogP contribution in [0.2, 0.25) is 0 Å². The van der Waals surface area contributed by atoms with Crippen LogP contribution in [0.15, 0.2) is 41.3 Å². The Kier molecular flexibility index (Phi) is 3.78. The molecule has 2 aromatic rings. The minimum atomic E-state index is -3.36. The first-order valence-corrected chi connectivity index (χ1v) is 7.11. The Morgan fingerprint density at radius 2 is 2.11 bits per heavy atom. The topological polar surface area (TPSA) is 72.2 Å². The van der Waals surface area contributed by atoms with Crippen LogP contribution in [-0.4, -0.2) is 13.4 Å². The van der Waals surface area contributed by atoms with Crippen LogP contribution in [0, 0.1) is 6.92 Å². The van der Waals surface area contributed by atoms with Crippen LogP contribution < -0.4 is 4.72 Å². The van der Waals surface area contributed by atoms with Gasteiger partial charge in [-0.25, -0.2) is 18.1 Å². The molecule has 1 aromatic heterocycles. The average Bonchev–Trinajstić information content (AvgIpc) is 2.83. The second-order valence-electron chi connectivity index (χ2n) is 3.99. The monoisotopic (exact) mass is 266 g/mol. The van der Waals surface area contributed by atoms with Crippen LogP contribution in [0.4, 0.5) is 0 Å². The molecule has 0 saturated carbocycles. The molecule has 0 spiro atoms. The van der Waals surface area contributed by atoms with E-state index < -0.39 is 10.0 Å². The van der Waals surface area contributed by atoms with Crippen LogP contribution in [0.3, 0.4) is 0 Å². The first-order chi connectivity index (χ1) is 8.57. The summed E-state index contributed by atoms with van der Waals surface area (Å²) in [7, 11) is -3.36. The van der Waals surface area contributed by atoms with Gasteiger partial charge in [-0.15, -0.1) is 0 Å². The van der Waals surface area contributed by atoms with E-state index in [0.717, 1.165) is 11.1 Å². The third-order valence-corrected chi connectivity index (χ3v) is 3.84. The molecule has 5 nitrogen and oxygen atoms in total. The fourth-order valence-electron chi connectivity index (χ4n) is 1.54. The molecular weight excluding hydrogens is 252 g/mol. The zero-order chi connectivity index (χ0) is 13.0. The Hall–Kier alpha value is -1.66. The molecule has 0 fully saturated rings. The minimum absolute atomic E-state index is 0.0302. The number of benzene rings is 1. The van der Waals surface area contributed by atoms with E-state index in [1.54, 1.807) is 0 Å². The van der Waals surface area contributed by atoms with Crippen LogP contribution in [0.5, 0.6) is 0 Å². The standard InChI is InChI=1S/C12H14N2O3S/c1-10-4-2-3-5-11(10)8-18(15,16)14-6-12-7-17-9-13-12/h2-5,7,9,14H,6,8H2,1H3. The van der Waals surface area contributed by atoms with Gasteiger partial charge in [-0.3, -0.25) is 0 Å². The summed E-state index contributed by atoms with van der Waals surface area (Å²) in [4.78, 5) is 3.85. The van der Waals surface area contributed by atoms with Gasteiger partial charge in [-0.1, -0.05) is 24.3 Å². The highest BCUT2D eigenvalue weighted by Gasteiger charge is 2.13. The molecule has 0 aliphatic carbocycles. The third kappa shape index (κ3) is 3.41. The largest absolute Gasteiger partial charge is 0.451 e. The summed E-state index contributed by atoms with van der Waals surface area (Å²) in [5.74, 6) is -0.0302. The second kappa shape index (κ2) is 5.32. The molecule has 0 amide bonds. The number of oxazole rings is 1. The zero-order valence-corrected chi connectivity index (χ0v) is 10.8. The molecule has 96 valence electrons. The summed E-state index contributed by atoms with van der Waals surface area (Å²) >= 11 is 0. The Bertz CT molecular complexity index is 606. The van der Waals surface area contributed by atoms with Crippen LogP contribution >= 0.6 is 0 Å². The maximum absolute atomic E-state index is 11.9. The molecule has 0 bridgehead atoms. The Labute approximate surface area is 106 Å². The number of hydrogen-bond donors (Lipinski definition) is 1. The van der Waals surface area contributed by atoms with Gasteiger partial charge in [0, 0.05) is 0 Å². The first-order valence-electron chi connectivity index (χ1n) is 5.46. The van der Waals surface area contributed by atoms with Crippen molar-refractivity contribution < 1.29 is 12.8 Å². The number of sulfonamides is 1. The van der Waals surface area contributed by atoms with Crippen molar-refractivity contribution in [2.24, 2.45) is 0 Å². The fraction of sp³-hybridized carbons (Fsp3) is 0.250. The first kappa shape index (κ1) is 12.8. The van der Waals surface area contributed by atoms with Crippen molar-refractivity contribution in [3.63, 3.8) is 0 Å². The molecule has 0 radical (unpaired) electrons. The zero-order valence-electron chi connectivity index (χ0n) is 9.96. The molecule has 0 aliphatic heterocycles. The summed E-state index contributed by atoms with van der Waals surface area (Å²) in [6.45, 7) is 2.03. The number of rotatable bonds is 5. The maximum atomic E-state index is 11.9. The lowest BCUT2D eigenvalue weighted by molar-refractivity contribution is 0.555. The molecule has 2 rings (SSSR count). The third-order valence-electron chi connectivity index (χ3n) is 2.56. The molecule has 1 heterocycles. The number of aryl methyl sites for hydroxylation is 1. The van der Waals surface area contributed by atoms with E-state index in [0.29, 0.717) is 5.69 Å². The lowest BCUT2D eigenvalue weighted by atomic mass is 10.1. The van der Waals surface area contributed by atoms with E-state index in [2.05, 4.69) is 9.71 Å². The molecule has 6 heteroatoms. The van der Waals surface area contributed by atoms with E-state index in [-0.39, 0.29) is 12.3 Å². The van der Waals surface area contributed by atoms with Crippen LogP contribution in [-0.2, 0) is 22.3 Å². The molecule has 0 saturated heterocycles. The van der Waals surface area contributed by atoms with Crippen molar-refractivity contribution in [2.45, 2.75) is 19.2 Å². The number of aromatic nitrogens is 1. The molecule has 0 aliphatic rings. The average molecular weight is 266 g/mol. The van der Waals surface area contributed by atoms with Gasteiger partial charge >= 0.3 is 0 Å². The lowest BCUT2D eigenvalue weighted by Gasteiger charge is -2.07. The van der Waals surface area contributed by atoms with Crippen molar-refractivity contribution in [1.29, 1.82) is 0 Å². The van der Waals surface area contributed by atoms with E-state index in [9.17, 15) is 8.42 Å². The van der Waals surface area contributed by atoms with Crippen LogP contribution in [0.25, 0.3) is 0 Å². The predicted octanol–water partition coefficient (Wildman–Crippen LogP) is 1.60. The molecule has 18 heavy (non-hydrogen) atoms. The van der Waals surface area contributed by atoms with E-state index >= 15 is 0 Å². The molecule has 0 unspecified atom stereocenters. The van der Waals surface area contributed by atoms with Gasteiger partial charge in [0.2, 0.25) is 10.0 Å². The molecule has 1 aromatic carbocycles. The number of nitrogens with zero attached hydrogens (tertiary/aromatic N) is 1. The highest BCUT2D eigenvalue weighted by Crippen LogP contribution is 2.10. The van der Waals surface area contributed by atoms with Gasteiger partial charge in [0.15, 0.2) is 6.39 Å². The van der Waals surface area contributed by atoms with E-state index in [1.807, 2.05) is 31.2 Å². The van der Waals surface area contributed by atoms with Crippen molar-refractivity contribution in [1.82, 2.24) is 9.71 Å². The fourth-order valence-corrected chi connectivity index (χ4v) is 2.74. The summed E-state index contributed by atoms with van der Waals surface area (Å²) in [5, 5.41) is 0. The smallest absolute Gasteiger partial charge is 0.216 e. The summed E-state index contributed by atoms with van der Waals surface area (Å²) in [6, 6.07) is 7.41. The number of hydrogen-bond acceptors (Lipinski definition) is 4. The van der Waals surface area contributed by atoms with Gasteiger partial charge in [-0.05, 0) is 18.1 Å². The minimum Gasteiger partial charge on any atom is -0.451 e. The van der Waals surface area contributed by atoms with Gasteiger partial charge in [0.05, 0.1) is 18.0 Å². The van der Waals surface area contributed by atoms with E-state index in [4.69, 9.17) is 4.42 Å². The summed E-state index contributed by atoms with van der Waals surface area (Å²) < 4.78 is 31.0. The normalized spacial score (nSPS) is 11.6. The van der Waals surface area contributed by atoms with Crippen molar-refractivity contribution in [3.8, 4) is 0 Å². The predicted molar refractivity (Wildman–Crippen MR) is 67.1 cm³/mol. The summed E-state index contributed by atoms with van der Waals surface area (Å²) in [6.07, 6.45) is 2.68. The highest BCUT2D eigenvalue weighted by atomic mass is 32.2. The number of nitrogens with one attached hydrogen (secondary N) is 1. The molecule has 1 N–H and O–H groups in total. The van der Waals surface area contributed by atoms with Crippen LogP contribution in [0.1, 0.15) is 16.8 Å². The molecular formula is C12H14N2O3S. The highest BCUT2D eigenvalue weighted by molar-refractivity contribution is 7.88. The van der Waals surface area contributed by atoms with Gasteiger partial charge < -0.3 is 4.42 Å². The Morgan fingerprint density at radius 3 is 2.78 bits per heavy atom. The van der Waals surface area contributed by atoms with Gasteiger partial charge in [0.25, 0.3) is 0 Å². The SMILES string of the molecule is Cc1ccccc1CS(=O)(=O)NCc1cocn1. The quantitative estimate of drug-likeness (QED) is 0.892. The Morgan fingerprint density at radius 1 is 1.33 bits per heavy atom. The second-order valence-corrected chi connectivity index (χ2v) is 5.79. The van der Waals surface area contributed by atoms with Crippen molar-refractivity contribution in [2.75, 3.05) is 0 Å². The maximum Gasteiger partial charge on any atom is 0.216 e. The van der Waals surface area contributed by atoms with Gasteiger partial charge in [0.1, 0.15) is 6.26 Å². The van der Waals surface area contributed by atoms with Gasteiger partial charge in [-0.2, -0.15) is 0 Å². The van der Waals surface area contributed by atoms with E-state index in [1.165, 1.54) is 12.7 Å². The lowest BCUT2D eigenvalue weighted by Crippen LogP contribution is -2.25.